The van der Waals surface area contributed by atoms with Gasteiger partial charge >= 0.3 is 0 Å². The normalized spacial score (nSPS) is 19.8. The summed E-state index contributed by atoms with van der Waals surface area (Å²) in [5.41, 5.74) is -0.100. The largest absolute Gasteiger partial charge is 0.385 e. The zero-order valence-electron chi connectivity index (χ0n) is 8.56. The molecule has 2 N–H and O–H groups in total. The Hall–Kier alpha value is 0.01000. The van der Waals surface area contributed by atoms with Gasteiger partial charge in [-0.25, -0.2) is 0 Å². The van der Waals surface area contributed by atoms with Crippen LogP contribution in [0.3, 0.4) is 0 Å². The lowest BCUT2D eigenvalue weighted by atomic mass is 9.85. The van der Waals surface area contributed by atoms with E-state index in [2.05, 4.69) is 5.32 Å². The van der Waals surface area contributed by atoms with Gasteiger partial charge in [-0.15, -0.1) is 0 Å². The van der Waals surface area contributed by atoms with Gasteiger partial charge in [-0.1, -0.05) is 34.8 Å². The highest BCUT2D eigenvalue weighted by Gasteiger charge is 2.32. The molecule has 0 aromatic heterocycles. The first-order valence-electron chi connectivity index (χ1n) is 5.11. The van der Waals surface area contributed by atoms with E-state index >= 15 is 0 Å². The molecule has 1 aromatic carbocycles. The Morgan fingerprint density at radius 3 is 2.06 bits per heavy atom. The molecule has 1 saturated heterocycles. The SMILES string of the molecule is OC1(c2cc(Cl)c(Cl)c(Cl)c2)CCNCC1. The van der Waals surface area contributed by atoms with E-state index < -0.39 is 5.60 Å². The van der Waals surface area contributed by atoms with Crippen molar-refractivity contribution in [3.8, 4) is 0 Å². The van der Waals surface area contributed by atoms with Gasteiger partial charge in [0.2, 0.25) is 0 Å². The van der Waals surface area contributed by atoms with Crippen molar-refractivity contribution in [3.05, 3.63) is 32.8 Å². The minimum absolute atomic E-state index is 0.338. The van der Waals surface area contributed by atoms with E-state index in [4.69, 9.17) is 34.8 Å². The van der Waals surface area contributed by atoms with Crippen molar-refractivity contribution in [3.63, 3.8) is 0 Å². The van der Waals surface area contributed by atoms with E-state index in [1.54, 1.807) is 12.1 Å². The van der Waals surface area contributed by atoms with Crippen molar-refractivity contribution in [1.82, 2.24) is 5.32 Å². The van der Waals surface area contributed by atoms with Crippen LogP contribution in [0, 0.1) is 0 Å². The second kappa shape index (κ2) is 4.71. The summed E-state index contributed by atoms with van der Waals surface area (Å²) in [6.07, 6.45) is 1.31. The van der Waals surface area contributed by atoms with Crippen molar-refractivity contribution in [2.45, 2.75) is 18.4 Å². The number of aliphatic hydroxyl groups is 1. The average molecular weight is 281 g/mol. The molecule has 0 spiro atoms. The highest BCUT2D eigenvalue weighted by molar-refractivity contribution is 6.48. The van der Waals surface area contributed by atoms with Crippen LogP contribution in [-0.4, -0.2) is 18.2 Å². The second-order valence-corrected chi connectivity index (χ2v) is 5.23. The molecule has 16 heavy (non-hydrogen) atoms. The zero-order valence-corrected chi connectivity index (χ0v) is 10.8. The lowest BCUT2D eigenvalue weighted by Gasteiger charge is -2.33. The Balaban J connectivity index is 2.39. The molecular formula is C11H12Cl3NO. The molecule has 0 bridgehead atoms. The number of hydrogen-bond donors (Lipinski definition) is 2. The first-order chi connectivity index (χ1) is 7.53. The van der Waals surface area contributed by atoms with Gasteiger partial charge < -0.3 is 10.4 Å². The van der Waals surface area contributed by atoms with E-state index in [-0.39, 0.29) is 0 Å². The Kier molecular flexibility index (Phi) is 3.67. The minimum atomic E-state index is -0.844. The van der Waals surface area contributed by atoms with Crippen molar-refractivity contribution in [2.24, 2.45) is 0 Å². The van der Waals surface area contributed by atoms with Gasteiger partial charge in [0.15, 0.2) is 0 Å². The van der Waals surface area contributed by atoms with E-state index in [9.17, 15) is 5.11 Å². The van der Waals surface area contributed by atoms with E-state index in [1.807, 2.05) is 0 Å². The fourth-order valence-electron chi connectivity index (χ4n) is 1.95. The molecule has 1 aliphatic rings. The number of halogens is 3. The molecule has 1 aliphatic heterocycles. The standard InChI is InChI=1S/C11H12Cl3NO/c12-8-5-7(6-9(13)10(8)14)11(16)1-3-15-4-2-11/h5-6,15-16H,1-4H2. The second-order valence-electron chi connectivity index (χ2n) is 4.04. The fraction of sp³-hybridized carbons (Fsp3) is 0.455. The molecule has 1 fully saturated rings. The van der Waals surface area contributed by atoms with Crippen molar-refractivity contribution >= 4 is 34.8 Å². The Morgan fingerprint density at radius 2 is 1.56 bits per heavy atom. The summed E-state index contributed by atoms with van der Waals surface area (Å²) in [5, 5.41) is 14.8. The van der Waals surface area contributed by atoms with Crippen molar-refractivity contribution in [2.75, 3.05) is 13.1 Å². The lowest BCUT2D eigenvalue weighted by Crippen LogP contribution is -2.39. The summed E-state index contributed by atoms with van der Waals surface area (Å²) in [6, 6.07) is 3.39. The molecule has 2 nitrogen and oxygen atoms in total. The van der Waals surface area contributed by atoms with E-state index in [1.165, 1.54) is 0 Å². The van der Waals surface area contributed by atoms with E-state index in [0.717, 1.165) is 18.7 Å². The summed E-state index contributed by atoms with van der Waals surface area (Å²) in [6.45, 7) is 1.57. The van der Waals surface area contributed by atoms with Crippen LogP contribution in [0.25, 0.3) is 0 Å². The van der Waals surface area contributed by atoms with Crippen LogP contribution >= 0.6 is 34.8 Å². The van der Waals surface area contributed by atoms with Crippen LogP contribution in [0.4, 0.5) is 0 Å². The van der Waals surface area contributed by atoms with Crippen LogP contribution < -0.4 is 5.32 Å². The lowest BCUT2D eigenvalue weighted by molar-refractivity contribution is 0.00595. The van der Waals surface area contributed by atoms with Gasteiger partial charge in [0, 0.05) is 0 Å². The summed E-state index contributed by atoms with van der Waals surface area (Å²) in [5.74, 6) is 0. The van der Waals surface area contributed by atoms with Crippen LogP contribution in [0.2, 0.25) is 15.1 Å². The van der Waals surface area contributed by atoms with E-state index in [0.29, 0.717) is 27.9 Å². The molecule has 1 aromatic rings. The number of piperidine rings is 1. The minimum Gasteiger partial charge on any atom is -0.385 e. The molecule has 0 atom stereocenters. The predicted molar refractivity (Wildman–Crippen MR) is 67.5 cm³/mol. The maximum absolute atomic E-state index is 10.5. The number of benzene rings is 1. The first-order valence-corrected chi connectivity index (χ1v) is 6.24. The number of hydrogen-bond acceptors (Lipinski definition) is 2. The molecule has 5 heteroatoms. The topological polar surface area (TPSA) is 32.3 Å². The molecule has 88 valence electrons. The summed E-state index contributed by atoms with van der Waals surface area (Å²) >= 11 is 17.8. The van der Waals surface area contributed by atoms with Crippen LogP contribution in [0.5, 0.6) is 0 Å². The maximum Gasteiger partial charge on any atom is 0.0921 e. The van der Waals surface area contributed by atoms with Gasteiger partial charge in [0.1, 0.15) is 0 Å². The highest BCUT2D eigenvalue weighted by Crippen LogP contribution is 2.38. The quantitative estimate of drug-likeness (QED) is 0.774. The highest BCUT2D eigenvalue weighted by atomic mass is 35.5. The molecule has 0 radical (unpaired) electrons. The molecule has 0 aliphatic carbocycles. The van der Waals surface area contributed by atoms with Crippen LogP contribution in [0.1, 0.15) is 18.4 Å². The van der Waals surface area contributed by atoms with Crippen molar-refractivity contribution < 1.29 is 5.11 Å². The number of nitrogens with one attached hydrogen (secondary N) is 1. The third kappa shape index (κ3) is 2.31. The smallest absolute Gasteiger partial charge is 0.0921 e. The van der Waals surface area contributed by atoms with Gasteiger partial charge in [0.05, 0.1) is 20.7 Å². The van der Waals surface area contributed by atoms with Gasteiger partial charge in [-0.2, -0.15) is 0 Å². The fourth-order valence-corrected chi connectivity index (χ4v) is 2.55. The zero-order chi connectivity index (χ0) is 11.8. The van der Waals surface area contributed by atoms with Crippen LogP contribution in [0.15, 0.2) is 12.1 Å². The van der Waals surface area contributed by atoms with Crippen molar-refractivity contribution in [1.29, 1.82) is 0 Å². The van der Waals surface area contributed by atoms with Gasteiger partial charge in [0.25, 0.3) is 0 Å². The van der Waals surface area contributed by atoms with Gasteiger partial charge in [-0.3, -0.25) is 0 Å². The van der Waals surface area contributed by atoms with Crippen LogP contribution in [-0.2, 0) is 5.60 Å². The molecule has 0 unspecified atom stereocenters. The third-order valence-electron chi connectivity index (χ3n) is 2.95. The predicted octanol–water partition coefficient (Wildman–Crippen LogP) is 3.22. The monoisotopic (exact) mass is 279 g/mol. The third-order valence-corrected chi connectivity index (χ3v) is 4.15. The molecule has 0 saturated carbocycles. The summed E-state index contributed by atoms with van der Waals surface area (Å²) in [4.78, 5) is 0. The molecule has 1 heterocycles. The summed E-state index contributed by atoms with van der Waals surface area (Å²) in [7, 11) is 0. The average Bonchev–Trinajstić information content (AvgIpc) is 2.26. The first kappa shape index (κ1) is 12.5. The number of rotatable bonds is 1. The molecule has 0 amide bonds. The Labute approximate surface area is 110 Å². The Bertz CT molecular complexity index is 379. The maximum atomic E-state index is 10.5. The molecule has 2 rings (SSSR count). The Morgan fingerprint density at radius 1 is 1.06 bits per heavy atom. The summed E-state index contributed by atoms with van der Waals surface area (Å²) < 4.78 is 0. The molecular weight excluding hydrogens is 268 g/mol. The van der Waals surface area contributed by atoms with Gasteiger partial charge in [-0.05, 0) is 43.6 Å².